The van der Waals surface area contributed by atoms with Gasteiger partial charge in [0.05, 0.1) is 5.41 Å². The van der Waals surface area contributed by atoms with Gasteiger partial charge < -0.3 is 9.15 Å². The fraction of sp³-hybridized carbons (Fsp3) is 0.0189. The summed E-state index contributed by atoms with van der Waals surface area (Å²) in [6.07, 6.45) is 0. The average molecular weight is 701 g/mol. The van der Waals surface area contributed by atoms with Gasteiger partial charge in [-0.05, 0) is 103 Å². The molecule has 1 aliphatic carbocycles. The van der Waals surface area contributed by atoms with Crippen molar-refractivity contribution in [2.75, 3.05) is 0 Å². The Kier molecular flexibility index (Phi) is 6.29. The van der Waals surface area contributed by atoms with Crippen molar-refractivity contribution in [3.63, 3.8) is 0 Å². The van der Waals surface area contributed by atoms with Gasteiger partial charge in [0, 0.05) is 21.7 Å². The molecule has 2 heterocycles. The van der Waals surface area contributed by atoms with Gasteiger partial charge in [-0.3, -0.25) is 0 Å². The second-order valence-electron chi connectivity index (χ2n) is 14.7. The van der Waals surface area contributed by atoms with E-state index in [9.17, 15) is 0 Å². The summed E-state index contributed by atoms with van der Waals surface area (Å²) >= 11 is 0. The summed E-state index contributed by atoms with van der Waals surface area (Å²) in [5, 5.41) is 4.56. The summed E-state index contributed by atoms with van der Waals surface area (Å²) in [7, 11) is 0. The third kappa shape index (κ3) is 4.19. The van der Waals surface area contributed by atoms with Crippen molar-refractivity contribution in [3.05, 3.63) is 216 Å². The predicted octanol–water partition coefficient (Wildman–Crippen LogP) is 14.2. The number of furan rings is 1. The highest BCUT2D eigenvalue weighted by Crippen LogP contribution is 2.57. The number of rotatable bonds is 4. The summed E-state index contributed by atoms with van der Waals surface area (Å²) in [5.74, 6) is 1.75. The van der Waals surface area contributed by atoms with Crippen LogP contribution in [-0.2, 0) is 5.41 Å². The fourth-order valence-electron chi connectivity index (χ4n) is 9.67. The van der Waals surface area contributed by atoms with E-state index in [-0.39, 0.29) is 0 Å². The molecule has 0 radical (unpaired) electrons. The molecule has 0 saturated carbocycles. The molecule has 2 nitrogen and oxygen atoms in total. The van der Waals surface area contributed by atoms with Crippen LogP contribution in [0.4, 0.5) is 0 Å². The molecule has 0 spiro atoms. The van der Waals surface area contributed by atoms with Crippen LogP contribution in [0.2, 0.25) is 0 Å². The Morgan fingerprint density at radius 3 is 1.75 bits per heavy atom. The van der Waals surface area contributed by atoms with Crippen molar-refractivity contribution in [3.8, 4) is 56.0 Å². The molecule has 9 aromatic carbocycles. The number of ether oxygens (including phenoxy) is 1. The van der Waals surface area contributed by atoms with E-state index in [4.69, 9.17) is 9.15 Å². The maximum Gasteiger partial charge on any atom is 0.136 e. The molecule has 1 aliphatic heterocycles. The van der Waals surface area contributed by atoms with Crippen LogP contribution < -0.4 is 4.74 Å². The maximum atomic E-state index is 6.72. The van der Waals surface area contributed by atoms with E-state index in [0.29, 0.717) is 0 Å². The van der Waals surface area contributed by atoms with Gasteiger partial charge in [-0.15, -0.1) is 0 Å². The molecule has 0 fully saturated rings. The molecule has 0 unspecified atom stereocenters. The largest absolute Gasteiger partial charge is 0.456 e. The van der Waals surface area contributed by atoms with Crippen LogP contribution in [0.25, 0.3) is 77.2 Å². The van der Waals surface area contributed by atoms with Crippen LogP contribution in [0.5, 0.6) is 11.5 Å². The first-order valence-corrected chi connectivity index (χ1v) is 18.9. The smallest absolute Gasteiger partial charge is 0.136 e. The molecule has 0 amide bonds. The van der Waals surface area contributed by atoms with Gasteiger partial charge in [0.1, 0.15) is 22.7 Å². The maximum absolute atomic E-state index is 6.72. The first-order valence-electron chi connectivity index (χ1n) is 18.9. The Morgan fingerprint density at radius 2 is 0.909 bits per heavy atom. The highest BCUT2D eigenvalue weighted by Gasteiger charge is 2.46. The standard InChI is InChI=1S/C53H32O2/c1-3-13-35(14-4-1)53(36-15-5-2-6-16-36)45-22-9-7-17-38(45)39-27-25-34(32-46(39)53)33-26-29-48-44(31-33)42-20-11-19-40-37(28-30-50(55-48)51(40)42)41-21-12-24-49-52(41)43-18-8-10-23-47(43)54-49/h1-32H. The molecule has 2 heteroatoms. The van der Waals surface area contributed by atoms with Crippen molar-refractivity contribution >= 4 is 32.7 Å². The normalized spacial score (nSPS) is 13.4. The van der Waals surface area contributed by atoms with Gasteiger partial charge in [-0.2, -0.15) is 0 Å². The van der Waals surface area contributed by atoms with Gasteiger partial charge in [-0.25, -0.2) is 0 Å². The summed E-state index contributed by atoms with van der Waals surface area (Å²) in [5.41, 5.74) is 16.0. The van der Waals surface area contributed by atoms with Crippen molar-refractivity contribution in [2.24, 2.45) is 0 Å². The van der Waals surface area contributed by atoms with Gasteiger partial charge in [0.25, 0.3) is 0 Å². The Labute approximate surface area is 318 Å². The number of benzene rings is 9. The van der Waals surface area contributed by atoms with Crippen LogP contribution in [-0.4, -0.2) is 0 Å². The predicted molar refractivity (Wildman–Crippen MR) is 225 cm³/mol. The molecular formula is C53H32O2. The Balaban J connectivity index is 1.05. The van der Waals surface area contributed by atoms with Crippen molar-refractivity contribution in [1.82, 2.24) is 0 Å². The summed E-state index contributed by atoms with van der Waals surface area (Å²) in [6, 6.07) is 70.3. The van der Waals surface area contributed by atoms with E-state index in [1.807, 2.05) is 12.1 Å². The van der Waals surface area contributed by atoms with Crippen molar-refractivity contribution in [2.45, 2.75) is 5.41 Å². The molecule has 0 saturated heterocycles. The molecule has 0 N–H and O–H groups in total. The minimum atomic E-state index is -0.453. The summed E-state index contributed by atoms with van der Waals surface area (Å²) in [6.45, 7) is 0. The second-order valence-corrected chi connectivity index (χ2v) is 14.7. The van der Waals surface area contributed by atoms with E-state index >= 15 is 0 Å². The third-order valence-electron chi connectivity index (χ3n) is 12.0. The van der Waals surface area contributed by atoms with Crippen LogP contribution in [0.15, 0.2) is 199 Å². The number of hydrogen-bond acceptors (Lipinski definition) is 2. The minimum Gasteiger partial charge on any atom is -0.456 e. The topological polar surface area (TPSA) is 22.4 Å². The van der Waals surface area contributed by atoms with E-state index in [2.05, 4.69) is 182 Å². The molecule has 0 atom stereocenters. The molecule has 1 aromatic heterocycles. The molecule has 256 valence electrons. The van der Waals surface area contributed by atoms with E-state index in [0.717, 1.165) is 66.5 Å². The molecule has 2 aliphatic rings. The molecule has 10 aromatic rings. The van der Waals surface area contributed by atoms with E-state index in [1.54, 1.807) is 0 Å². The zero-order valence-electron chi connectivity index (χ0n) is 29.8. The van der Waals surface area contributed by atoms with Crippen molar-refractivity contribution < 1.29 is 9.15 Å². The van der Waals surface area contributed by atoms with E-state index in [1.165, 1.54) is 44.5 Å². The molecular weight excluding hydrogens is 669 g/mol. The lowest BCUT2D eigenvalue weighted by molar-refractivity contribution is 0.487. The lowest BCUT2D eigenvalue weighted by Crippen LogP contribution is -2.28. The SMILES string of the molecule is c1ccc(C2(c3ccccc3)c3ccccc3-c3ccc(-c4ccc5c(c4)-c4cccc6c(-c7cccc8oc9ccccc9c78)ccc(c46)O5)cc32)cc1. The molecule has 55 heavy (non-hydrogen) atoms. The lowest BCUT2D eigenvalue weighted by Gasteiger charge is -2.34. The second kappa shape index (κ2) is 11.4. The zero-order valence-corrected chi connectivity index (χ0v) is 29.8. The van der Waals surface area contributed by atoms with Gasteiger partial charge in [-0.1, -0.05) is 158 Å². The van der Waals surface area contributed by atoms with E-state index < -0.39 is 5.41 Å². The van der Waals surface area contributed by atoms with Gasteiger partial charge in [0.15, 0.2) is 0 Å². The highest BCUT2D eigenvalue weighted by atomic mass is 16.5. The van der Waals surface area contributed by atoms with Gasteiger partial charge >= 0.3 is 0 Å². The molecule has 12 rings (SSSR count). The summed E-state index contributed by atoms with van der Waals surface area (Å²) < 4.78 is 13.0. The van der Waals surface area contributed by atoms with Crippen molar-refractivity contribution in [1.29, 1.82) is 0 Å². The third-order valence-corrected chi connectivity index (χ3v) is 12.0. The van der Waals surface area contributed by atoms with Crippen LogP contribution in [0, 0.1) is 0 Å². The minimum absolute atomic E-state index is 0.453. The highest BCUT2D eigenvalue weighted by molar-refractivity contribution is 6.17. The average Bonchev–Trinajstić information content (AvgIpc) is 3.78. The first-order chi connectivity index (χ1) is 27.3. The Hall–Kier alpha value is -7.16. The lowest BCUT2D eigenvalue weighted by atomic mass is 9.67. The Bertz CT molecular complexity index is 3130. The van der Waals surface area contributed by atoms with Crippen LogP contribution >= 0.6 is 0 Å². The number of para-hydroxylation sites is 1. The monoisotopic (exact) mass is 700 g/mol. The number of hydrogen-bond donors (Lipinski definition) is 0. The zero-order chi connectivity index (χ0) is 36.1. The quantitative estimate of drug-likeness (QED) is 0.182. The van der Waals surface area contributed by atoms with Gasteiger partial charge in [0.2, 0.25) is 0 Å². The Morgan fingerprint density at radius 1 is 0.327 bits per heavy atom. The fourth-order valence-corrected chi connectivity index (χ4v) is 9.67. The van der Waals surface area contributed by atoms with Crippen LogP contribution in [0.1, 0.15) is 22.3 Å². The van der Waals surface area contributed by atoms with Crippen LogP contribution in [0.3, 0.4) is 0 Å². The number of fused-ring (bicyclic) bond motifs is 8. The summed E-state index contributed by atoms with van der Waals surface area (Å²) in [4.78, 5) is 0. The molecule has 0 bridgehead atoms. The first kappa shape index (κ1) is 30.3.